The Hall–Kier alpha value is -3.06. The van der Waals surface area contributed by atoms with Gasteiger partial charge in [0.15, 0.2) is 0 Å². The van der Waals surface area contributed by atoms with Gasteiger partial charge in [0, 0.05) is 44.4 Å². The van der Waals surface area contributed by atoms with Crippen LogP contribution in [0.3, 0.4) is 0 Å². The molecule has 5 rings (SSSR count). The fourth-order valence-electron chi connectivity index (χ4n) is 3.92. The summed E-state index contributed by atoms with van der Waals surface area (Å²) < 4.78 is 55.6. The second kappa shape index (κ2) is 9.19. The first-order valence-corrected chi connectivity index (χ1v) is 13.1. The maximum atomic E-state index is 14.1. The standard InChI is InChI=1S/C23H21F2N5O3S2/c1-15-2-4-16(5-3-15)22-27-30-21(31)13-18(26-23(30)34-22)14-28-8-10-29(11-9-28)35(32,33)20-12-17(24)6-7-19(20)25/h2-7,12-13H,8-11,14H2,1H3. The van der Waals surface area contributed by atoms with Crippen LogP contribution in [-0.4, -0.2) is 58.4 Å². The summed E-state index contributed by atoms with van der Waals surface area (Å²) in [6.07, 6.45) is 0. The Labute approximate surface area is 204 Å². The van der Waals surface area contributed by atoms with Crippen LogP contribution in [-0.2, 0) is 16.6 Å². The van der Waals surface area contributed by atoms with Crippen LogP contribution in [0.25, 0.3) is 15.5 Å². The Bertz CT molecular complexity index is 1560. The molecule has 0 aliphatic carbocycles. The number of sulfonamides is 1. The predicted molar refractivity (Wildman–Crippen MR) is 128 cm³/mol. The molecule has 182 valence electrons. The van der Waals surface area contributed by atoms with E-state index in [9.17, 15) is 22.0 Å². The van der Waals surface area contributed by atoms with Crippen LogP contribution in [0.1, 0.15) is 11.3 Å². The van der Waals surface area contributed by atoms with Gasteiger partial charge in [-0.15, -0.1) is 0 Å². The van der Waals surface area contributed by atoms with Gasteiger partial charge in [-0.05, 0) is 25.1 Å². The Morgan fingerprint density at radius 1 is 1.00 bits per heavy atom. The molecule has 1 saturated heterocycles. The fraction of sp³-hybridized carbons (Fsp3) is 0.261. The lowest BCUT2D eigenvalue weighted by Gasteiger charge is -2.33. The van der Waals surface area contributed by atoms with Crippen molar-refractivity contribution < 1.29 is 17.2 Å². The van der Waals surface area contributed by atoms with Crippen LogP contribution in [0.15, 0.2) is 58.2 Å². The van der Waals surface area contributed by atoms with E-state index in [-0.39, 0.29) is 18.6 Å². The highest BCUT2D eigenvalue weighted by molar-refractivity contribution is 7.89. The van der Waals surface area contributed by atoms with Crippen molar-refractivity contribution in [3.05, 3.63) is 81.8 Å². The van der Waals surface area contributed by atoms with Crippen LogP contribution in [0.2, 0.25) is 0 Å². The number of fused-ring (bicyclic) bond motifs is 1. The first-order chi connectivity index (χ1) is 16.7. The Morgan fingerprint density at radius 2 is 1.71 bits per heavy atom. The van der Waals surface area contributed by atoms with E-state index in [4.69, 9.17) is 0 Å². The largest absolute Gasteiger partial charge is 0.295 e. The number of aryl methyl sites for hydroxylation is 1. The maximum Gasteiger partial charge on any atom is 0.275 e. The average Bonchev–Trinajstić information content (AvgIpc) is 3.26. The molecule has 3 heterocycles. The minimum atomic E-state index is -4.16. The summed E-state index contributed by atoms with van der Waals surface area (Å²) in [5.74, 6) is -1.80. The monoisotopic (exact) mass is 517 g/mol. The Kier molecular flexibility index (Phi) is 6.21. The average molecular weight is 518 g/mol. The van der Waals surface area contributed by atoms with Crippen LogP contribution < -0.4 is 5.56 Å². The number of halogens is 2. The van der Waals surface area contributed by atoms with Crippen molar-refractivity contribution in [1.82, 2.24) is 23.8 Å². The van der Waals surface area contributed by atoms with Gasteiger partial charge in [-0.3, -0.25) is 9.69 Å². The first-order valence-electron chi connectivity index (χ1n) is 10.8. The number of rotatable bonds is 5. The molecule has 1 aliphatic heterocycles. The summed E-state index contributed by atoms with van der Waals surface area (Å²) in [4.78, 5) is 19.0. The quantitative estimate of drug-likeness (QED) is 0.405. The summed E-state index contributed by atoms with van der Waals surface area (Å²) in [6, 6.07) is 11.7. The number of benzene rings is 2. The van der Waals surface area contributed by atoms with Gasteiger partial charge in [0.25, 0.3) is 5.56 Å². The van der Waals surface area contributed by atoms with Crippen molar-refractivity contribution >= 4 is 26.3 Å². The number of hydrogen-bond acceptors (Lipinski definition) is 7. The molecule has 35 heavy (non-hydrogen) atoms. The first kappa shape index (κ1) is 23.7. The maximum absolute atomic E-state index is 14.1. The SMILES string of the molecule is Cc1ccc(-c2nn3c(=O)cc(CN4CCN(S(=O)(=O)c5cc(F)ccc5F)CC4)nc3s2)cc1. The summed E-state index contributed by atoms with van der Waals surface area (Å²) in [6.45, 7) is 3.28. The molecule has 0 bridgehead atoms. The molecule has 1 aliphatic rings. The second-order valence-electron chi connectivity index (χ2n) is 8.31. The molecule has 0 unspecified atom stereocenters. The fourth-order valence-corrected chi connectivity index (χ4v) is 6.35. The normalized spacial score (nSPS) is 15.6. The minimum absolute atomic E-state index is 0.109. The smallest absolute Gasteiger partial charge is 0.275 e. The predicted octanol–water partition coefficient (Wildman–Crippen LogP) is 2.91. The van der Waals surface area contributed by atoms with Gasteiger partial charge in [-0.25, -0.2) is 22.2 Å². The zero-order chi connectivity index (χ0) is 24.7. The summed E-state index contributed by atoms with van der Waals surface area (Å²) in [5.41, 5.74) is 2.30. The van der Waals surface area contributed by atoms with E-state index >= 15 is 0 Å². The third-order valence-electron chi connectivity index (χ3n) is 5.82. The van der Waals surface area contributed by atoms with E-state index in [2.05, 4.69) is 10.1 Å². The molecule has 0 saturated carbocycles. The lowest BCUT2D eigenvalue weighted by Crippen LogP contribution is -2.48. The van der Waals surface area contributed by atoms with Crippen molar-refractivity contribution in [3.8, 4) is 10.6 Å². The Balaban J connectivity index is 1.30. The molecule has 2 aromatic heterocycles. The van der Waals surface area contributed by atoms with Gasteiger partial charge in [0.2, 0.25) is 15.0 Å². The Morgan fingerprint density at radius 3 is 2.43 bits per heavy atom. The molecule has 0 radical (unpaired) electrons. The molecule has 0 atom stereocenters. The molecular weight excluding hydrogens is 496 g/mol. The van der Waals surface area contributed by atoms with Crippen molar-refractivity contribution in [3.63, 3.8) is 0 Å². The van der Waals surface area contributed by atoms with E-state index in [1.54, 1.807) is 0 Å². The van der Waals surface area contributed by atoms with E-state index < -0.39 is 26.6 Å². The highest BCUT2D eigenvalue weighted by atomic mass is 32.2. The summed E-state index contributed by atoms with van der Waals surface area (Å²) >= 11 is 1.32. The van der Waals surface area contributed by atoms with Crippen molar-refractivity contribution in [1.29, 1.82) is 0 Å². The van der Waals surface area contributed by atoms with E-state index in [1.807, 2.05) is 36.1 Å². The van der Waals surface area contributed by atoms with Crippen molar-refractivity contribution in [2.24, 2.45) is 0 Å². The number of hydrogen-bond donors (Lipinski definition) is 0. The van der Waals surface area contributed by atoms with Crippen molar-refractivity contribution in [2.45, 2.75) is 18.4 Å². The molecule has 0 amide bonds. The second-order valence-corrected chi connectivity index (χ2v) is 11.2. The topological polar surface area (TPSA) is 87.9 Å². The lowest BCUT2D eigenvalue weighted by molar-refractivity contribution is 0.179. The van der Waals surface area contributed by atoms with Crippen LogP contribution in [0.4, 0.5) is 8.78 Å². The van der Waals surface area contributed by atoms with Crippen LogP contribution in [0, 0.1) is 18.6 Å². The van der Waals surface area contributed by atoms with E-state index in [0.717, 1.165) is 27.6 Å². The zero-order valence-corrected chi connectivity index (χ0v) is 20.3. The third kappa shape index (κ3) is 4.74. The highest BCUT2D eigenvalue weighted by Crippen LogP contribution is 2.25. The van der Waals surface area contributed by atoms with Gasteiger partial charge >= 0.3 is 0 Å². The van der Waals surface area contributed by atoms with Gasteiger partial charge in [0.05, 0.1) is 5.69 Å². The number of aromatic nitrogens is 3. The minimum Gasteiger partial charge on any atom is -0.295 e. The van der Waals surface area contributed by atoms with Gasteiger partial charge in [-0.2, -0.15) is 13.9 Å². The molecular formula is C23H21F2N5O3S2. The zero-order valence-electron chi connectivity index (χ0n) is 18.7. The third-order valence-corrected chi connectivity index (χ3v) is 8.70. The highest BCUT2D eigenvalue weighted by Gasteiger charge is 2.31. The molecule has 12 heteroatoms. The number of piperazine rings is 1. The molecule has 8 nitrogen and oxygen atoms in total. The molecule has 1 fully saturated rings. The summed E-state index contributed by atoms with van der Waals surface area (Å²) in [5, 5.41) is 5.08. The molecule has 2 aromatic carbocycles. The van der Waals surface area contributed by atoms with E-state index in [0.29, 0.717) is 41.4 Å². The molecule has 0 spiro atoms. The van der Waals surface area contributed by atoms with Gasteiger partial charge < -0.3 is 0 Å². The molecule has 0 N–H and O–H groups in total. The number of nitrogens with zero attached hydrogens (tertiary/aromatic N) is 5. The van der Waals surface area contributed by atoms with Gasteiger partial charge in [0.1, 0.15) is 21.5 Å². The molecule has 4 aromatic rings. The lowest BCUT2D eigenvalue weighted by atomic mass is 10.2. The van der Waals surface area contributed by atoms with Gasteiger partial charge in [-0.1, -0.05) is 41.2 Å². The van der Waals surface area contributed by atoms with Crippen molar-refractivity contribution in [2.75, 3.05) is 26.2 Å². The van der Waals surface area contributed by atoms with E-state index in [1.165, 1.54) is 21.9 Å². The van der Waals surface area contributed by atoms with Crippen LogP contribution in [0.5, 0.6) is 0 Å². The van der Waals surface area contributed by atoms with Crippen LogP contribution >= 0.6 is 11.3 Å². The summed E-state index contributed by atoms with van der Waals surface area (Å²) in [7, 11) is -4.16.